The van der Waals surface area contributed by atoms with Gasteiger partial charge >= 0.3 is 0 Å². The lowest BCUT2D eigenvalue weighted by molar-refractivity contribution is -0.0221. The fraction of sp³-hybridized carbons (Fsp3) is 0.650. The molecule has 4 nitrogen and oxygen atoms in total. The van der Waals surface area contributed by atoms with E-state index in [0.717, 1.165) is 19.3 Å². The van der Waals surface area contributed by atoms with E-state index in [0.29, 0.717) is 23.5 Å². The summed E-state index contributed by atoms with van der Waals surface area (Å²) in [6.45, 7) is 2.36. The van der Waals surface area contributed by atoms with Gasteiger partial charge in [0.25, 0.3) is 0 Å². The number of rotatable bonds is 2. The molecule has 0 amide bonds. The highest BCUT2D eigenvalue weighted by atomic mass is 16.6. The minimum Gasteiger partial charge on any atom is -0.508 e. The standard InChI is InChI=1S/C20H27NO3/c1-20-9-8-15-14-7-5-13(22)10-12(14)4-6-16(15)19(20)17(23-2)11-18(20)21-24-3/h5,7,10,15-17,19,22H,4,6,8-9,11H2,1-3H3/b21-18+/t15-,16-,17?,19-,20-/m1/s1. The molecular formula is C20H27NO3. The van der Waals surface area contributed by atoms with Crippen molar-refractivity contribution in [2.45, 2.75) is 51.0 Å². The molecule has 4 rings (SSSR count). The molecule has 3 aliphatic rings. The summed E-state index contributed by atoms with van der Waals surface area (Å²) in [6, 6.07) is 5.94. The molecule has 1 unspecified atom stereocenters. The van der Waals surface area contributed by atoms with Crippen LogP contribution in [0.4, 0.5) is 0 Å². The molecule has 0 heterocycles. The zero-order valence-electron chi connectivity index (χ0n) is 14.8. The molecule has 0 aliphatic heterocycles. The Labute approximate surface area is 143 Å². The van der Waals surface area contributed by atoms with Crippen LogP contribution in [0.2, 0.25) is 0 Å². The number of phenols is 1. The number of aromatic hydroxyl groups is 1. The summed E-state index contributed by atoms with van der Waals surface area (Å²) < 4.78 is 5.90. The summed E-state index contributed by atoms with van der Waals surface area (Å²) in [5.74, 6) is 2.08. The van der Waals surface area contributed by atoms with Crippen LogP contribution in [0.1, 0.15) is 49.7 Å². The number of ether oxygens (including phenoxy) is 1. The fourth-order valence-corrected chi connectivity index (χ4v) is 5.87. The lowest BCUT2D eigenvalue weighted by atomic mass is 9.55. The largest absolute Gasteiger partial charge is 0.508 e. The zero-order chi connectivity index (χ0) is 16.9. The van der Waals surface area contributed by atoms with Crippen molar-refractivity contribution in [1.29, 1.82) is 0 Å². The molecule has 1 N–H and O–H groups in total. The second-order valence-corrected chi connectivity index (χ2v) is 7.87. The molecule has 2 saturated carbocycles. The third-order valence-electron chi connectivity index (χ3n) is 6.92. The first-order chi connectivity index (χ1) is 11.6. The van der Waals surface area contributed by atoms with Crippen LogP contribution in [0.25, 0.3) is 0 Å². The number of benzene rings is 1. The van der Waals surface area contributed by atoms with Crippen LogP contribution >= 0.6 is 0 Å². The van der Waals surface area contributed by atoms with Gasteiger partial charge in [0.1, 0.15) is 12.9 Å². The van der Waals surface area contributed by atoms with E-state index >= 15 is 0 Å². The lowest BCUT2D eigenvalue weighted by Gasteiger charge is -2.50. The highest BCUT2D eigenvalue weighted by molar-refractivity contribution is 5.93. The Balaban J connectivity index is 1.73. The van der Waals surface area contributed by atoms with Gasteiger partial charge in [0, 0.05) is 18.9 Å². The first kappa shape index (κ1) is 15.9. The Kier molecular flexibility index (Phi) is 3.83. The zero-order valence-corrected chi connectivity index (χ0v) is 14.8. The summed E-state index contributed by atoms with van der Waals surface area (Å²) >= 11 is 0. The smallest absolute Gasteiger partial charge is 0.115 e. The van der Waals surface area contributed by atoms with E-state index in [1.54, 1.807) is 7.11 Å². The van der Waals surface area contributed by atoms with E-state index in [2.05, 4.69) is 18.1 Å². The first-order valence-corrected chi connectivity index (χ1v) is 9.03. The Morgan fingerprint density at radius 2 is 2.08 bits per heavy atom. The second kappa shape index (κ2) is 5.76. The Hall–Kier alpha value is -1.55. The molecule has 3 aliphatic carbocycles. The van der Waals surface area contributed by atoms with Gasteiger partial charge in [0.05, 0.1) is 11.8 Å². The second-order valence-electron chi connectivity index (χ2n) is 7.87. The molecule has 4 heteroatoms. The van der Waals surface area contributed by atoms with Crippen molar-refractivity contribution >= 4 is 5.71 Å². The molecular weight excluding hydrogens is 302 g/mol. The van der Waals surface area contributed by atoms with Gasteiger partial charge in [-0.15, -0.1) is 0 Å². The monoisotopic (exact) mass is 329 g/mol. The van der Waals surface area contributed by atoms with Gasteiger partial charge in [-0.2, -0.15) is 0 Å². The van der Waals surface area contributed by atoms with E-state index in [-0.39, 0.29) is 11.5 Å². The molecule has 0 bridgehead atoms. The Morgan fingerprint density at radius 1 is 1.25 bits per heavy atom. The number of hydrogen-bond donors (Lipinski definition) is 1. The predicted molar refractivity (Wildman–Crippen MR) is 93.3 cm³/mol. The number of oxime groups is 1. The van der Waals surface area contributed by atoms with Crippen LogP contribution in [0, 0.1) is 17.3 Å². The van der Waals surface area contributed by atoms with Crippen molar-refractivity contribution in [2.24, 2.45) is 22.4 Å². The highest BCUT2D eigenvalue weighted by Crippen LogP contribution is 2.60. The van der Waals surface area contributed by atoms with E-state index in [4.69, 9.17) is 9.57 Å². The minimum atomic E-state index is 0.0896. The number of hydrogen-bond acceptors (Lipinski definition) is 4. The maximum Gasteiger partial charge on any atom is 0.115 e. The molecule has 24 heavy (non-hydrogen) atoms. The maximum atomic E-state index is 9.80. The van der Waals surface area contributed by atoms with Gasteiger partial charge < -0.3 is 14.7 Å². The molecule has 0 aromatic heterocycles. The minimum absolute atomic E-state index is 0.0896. The summed E-state index contributed by atoms with van der Waals surface area (Å²) in [5.41, 5.74) is 4.04. The van der Waals surface area contributed by atoms with E-state index in [1.807, 2.05) is 19.2 Å². The van der Waals surface area contributed by atoms with Crippen molar-refractivity contribution in [3.8, 4) is 5.75 Å². The van der Waals surface area contributed by atoms with Gasteiger partial charge in [-0.3, -0.25) is 0 Å². The summed E-state index contributed by atoms with van der Waals surface area (Å²) in [7, 11) is 3.47. The number of fused-ring (bicyclic) bond motifs is 5. The Morgan fingerprint density at radius 3 is 2.83 bits per heavy atom. The van der Waals surface area contributed by atoms with E-state index < -0.39 is 0 Å². The number of nitrogens with zero attached hydrogens (tertiary/aromatic N) is 1. The fourth-order valence-electron chi connectivity index (χ4n) is 5.87. The van der Waals surface area contributed by atoms with Crippen LogP contribution in [0.3, 0.4) is 0 Å². The molecule has 1 aromatic rings. The van der Waals surface area contributed by atoms with E-state index in [9.17, 15) is 5.11 Å². The molecule has 130 valence electrons. The van der Waals surface area contributed by atoms with Crippen molar-refractivity contribution in [1.82, 2.24) is 0 Å². The van der Waals surface area contributed by atoms with Crippen LogP contribution in [0.5, 0.6) is 5.75 Å². The van der Waals surface area contributed by atoms with Crippen molar-refractivity contribution in [2.75, 3.05) is 14.2 Å². The maximum absolute atomic E-state index is 9.80. The SMILES string of the molecule is CO/N=C1\CC(OC)[C@H]2[C@@H]3CCc4cc(O)ccc4[C@H]3CC[C@]12C. The number of methoxy groups -OCH3 is 1. The van der Waals surface area contributed by atoms with Crippen LogP contribution < -0.4 is 0 Å². The number of phenolic OH excluding ortho intramolecular Hbond substituents is 1. The van der Waals surface area contributed by atoms with Crippen LogP contribution in [-0.4, -0.2) is 31.1 Å². The van der Waals surface area contributed by atoms with Crippen molar-refractivity contribution in [3.05, 3.63) is 29.3 Å². The average molecular weight is 329 g/mol. The third-order valence-corrected chi connectivity index (χ3v) is 6.92. The van der Waals surface area contributed by atoms with E-state index in [1.165, 1.54) is 29.7 Å². The van der Waals surface area contributed by atoms with Gasteiger partial charge in [-0.25, -0.2) is 0 Å². The summed E-state index contributed by atoms with van der Waals surface area (Å²) in [5, 5.41) is 14.2. The molecule has 0 spiro atoms. The van der Waals surface area contributed by atoms with Gasteiger partial charge in [-0.1, -0.05) is 18.1 Å². The Bertz CT molecular complexity index is 671. The highest BCUT2D eigenvalue weighted by Gasteiger charge is 2.58. The summed E-state index contributed by atoms with van der Waals surface area (Å²) in [6.07, 6.45) is 5.63. The normalized spacial score (nSPS) is 39.2. The van der Waals surface area contributed by atoms with Gasteiger partial charge in [0.2, 0.25) is 0 Å². The topological polar surface area (TPSA) is 51.0 Å². The number of aryl methyl sites for hydroxylation is 1. The molecule has 0 saturated heterocycles. The van der Waals surface area contributed by atoms with Gasteiger partial charge in [-0.05, 0) is 66.7 Å². The molecule has 5 atom stereocenters. The first-order valence-electron chi connectivity index (χ1n) is 9.03. The molecule has 0 radical (unpaired) electrons. The average Bonchev–Trinajstić information content (AvgIpc) is 2.87. The third kappa shape index (κ3) is 2.19. The molecule has 1 aromatic carbocycles. The van der Waals surface area contributed by atoms with Crippen molar-refractivity contribution < 1.29 is 14.7 Å². The summed E-state index contributed by atoms with van der Waals surface area (Å²) in [4.78, 5) is 5.14. The van der Waals surface area contributed by atoms with Crippen molar-refractivity contribution in [3.63, 3.8) is 0 Å². The quantitative estimate of drug-likeness (QED) is 0.838. The van der Waals surface area contributed by atoms with Gasteiger partial charge in [0.15, 0.2) is 0 Å². The predicted octanol–water partition coefficient (Wildman–Crippen LogP) is 3.88. The molecule has 2 fully saturated rings. The van der Waals surface area contributed by atoms with Crippen LogP contribution in [-0.2, 0) is 16.0 Å². The lowest BCUT2D eigenvalue weighted by Crippen LogP contribution is -2.45. The van der Waals surface area contributed by atoms with Crippen LogP contribution in [0.15, 0.2) is 23.4 Å².